The maximum Gasteiger partial charge on any atom is 0.251 e. The van der Waals surface area contributed by atoms with Crippen LogP contribution in [0.15, 0.2) is 82.6 Å². The highest BCUT2D eigenvalue weighted by Gasteiger charge is 2.13. The average Bonchev–Trinajstić information content (AvgIpc) is 2.97. The van der Waals surface area contributed by atoms with Crippen LogP contribution in [0.5, 0.6) is 0 Å². The zero-order valence-electron chi connectivity index (χ0n) is 23.7. The van der Waals surface area contributed by atoms with Gasteiger partial charge in [0.2, 0.25) is 0 Å². The Bertz CT molecular complexity index is 1280. The number of carbonyl (C=O) groups is 2. The first-order chi connectivity index (χ1) is 19.5. The van der Waals surface area contributed by atoms with E-state index in [9.17, 15) is 9.59 Å². The summed E-state index contributed by atoms with van der Waals surface area (Å²) in [5, 5.41) is 6.63. The molecule has 3 aromatic carbocycles. The summed E-state index contributed by atoms with van der Waals surface area (Å²) >= 11 is 1.45. The molecule has 0 aromatic heterocycles. The maximum absolute atomic E-state index is 12.6. The van der Waals surface area contributed by atoms with E-state index >= 15 is 0 Å². The number of amides is 1. The van der Waals surface area contributed by atoms with Crippen molar-refractivity contribution < 1.29 is 9.59 Å². The van der Waals surface area contributed by atoms with Crippen molar-refractivity contribution in [1.29, 1.82) is 0 Å². The molecule has 1 amide bonds. The van der Waals surface area contributed by atoms with Crippen LogP contribution in [0.25, 0.3) is 6.08 Å². The van der Waals surface area contributed by atoms with Crippen LogP contribution < -0.4 is 15.5 Å². The van der Waals surface area contributed by atoms with E-state index in [1.54, 1.807) is 0 Å². The highest BCUT2D eigenvalue weighted by molar-refractivity contribution is 8.04. The van der Waals surface area contributed by atoms with E-state index in [0.717, 1.165) is 41.9 Å². The van der Waals surface area contributed by atoms with Crippen LogP contribution in [0.4, 0.5) is 5.69 Å². The molecule has 4 rings (SSSR count). The number of nitrogens with zero attached hydrogens (tertiary/aromatic N) is 1. The summed E-state index contributed by atoms with van der Waals surface area (Å²) in [4.78, 5) is 28.4. The van der Waals surface area contributed by atoms with Gasteiger partial charge < -0.3 is 15.5 Å². The van der Waals surface area contributed by atoms with Gasteiger partial charge in [-0.25, -0.2) is 0 Å². The van der Waals surface area contributed by atoms with Crippen molar-refractivity contribution in [2.75, 3.05) is 25.0 Å². The predicted molar refractivity (Wildman–Crippen MR) is 168 cm³/mol. The normalized spacial score (nSPS) is 14.1. The van der Waals surface area contributed by atoms with Crippen LogP contribution in [0.3, 0.4) is 0 Å². The lowest BCUT2D eigenvalue weighted by Gasteiger charge is -2.22. The zero-order valence-corrected chi connectivity index (χ0v) is 24.5. The van der Waals surface area contributed by atoms with Gasteiger partial charge in [-0.1, -0.05) is 85.1 Å². The number of allylic oxidation sites excluding steroid dienone is 1. The highest BCUT2D eigenvalue weighted by atomic mass is 32.2. The topological polar surface area (TPSA) is 61.4 Å². The van der Waals surface area contributed by atoms with Gasteiger partial charge in [0.25, 0.3) is 5.91 Å². The Balaban J connectivity index is 1.31. The molecule has 2 N–H and O–H groups in total. The number of benzene rings is 3. The van der Waals surface area contributed by atoms with Gasteiger partial charge in [-0.15, -0.1) is 0 Å². The van der Waals surface area contributed by atoms with Crippen molar-refractivity contribution in [1.82, 2.24) is 10.6 Å². The van der Waals surface area contributed by atoms with Gasteiger partial charge in [-0.05, 0) is 74.2 Å². The Kier molecular flexibility index (Phi) is 11.4. The molecule has 1 aliphatic rings. The number of nitrogens with one attached hydrogen (secondary N) is 2. The third-order valence-corrected chi connectivity index (χ3v) is 8.30. The fourth-order valence-electron chi connectivity index (χ4n) is 5.14. The van der Waals surface area contributed by atoms with Crippen LogP contribution in [0.2, 0.25) is 0 Å². The van der Waals surface area contributed by atoms with Crippen LogP contribution in [-0.2, 0) is 11.3 Å². The smallest absolute Gasteiger partial charge is 0.251 e. The average molecular weight is 556 g/mol. The summed E-state index contributed by atoms with van der Waals surface area (Å²) in [6, 6.07) is 24.7. The van der Waals surface area contributed by atoms with Crippen molar-refractivity contribution in [3.05, 3.63) is 100.0 Å². The first kappa shape index (κ1) is 29.6. The quantitative estimate of drug-likeness (QED) is 0.103. The Hall–Kier alpha value is -3.35. The van der Waals surface area contributed by atoms with Gasteiger partial charge in [0.1, 0.15) is 0 Å². The molecule has 0 unspecified atom stereocenters. The molecule has 0 radical (unpaired) electrons. The summed E-state index contributed by atoms with van der Waals surface area (Å²) in [7, 11) is 2.07. The number of thioether (sulfide) groups is 1. The number of para-hydroxylation sites is 1. The number of carbonyl (C=O) groups excluding carboxylic acids is 2. The second-order valence-electron chi connectivity index (χ2n) is 10.6. The third kappa shape index (κ3) is 9.10. The SMILES string of the molecule is Cc1cccc(CN(C)c2ccccc2S/C(C=O)=C\c2ccc(C(=O)NCCCNC3CCCCC3)cc2)c1. The van der Waals surface area contributed by atoms with Gasteiger partial charge in [-0.3, -0.25) is 9.59 Å². The first-order valence-electron chi connectivity index (χ1n) is 14.3. The number of hydrogen-bond donors (Lipinski definition) is 2. The number of anilines is 1. The molecule has 0 spiro atoms. The van der Waals surface area contributed by atoms with Gasteiger partial charge in [0.15, 0.2) is 6.29 Å². The zero-order chi connectivity index (χ0) is 28.2. The van der Waals surface area contributed by atoms with E-state index in [2.05, 4.69) is 59.8 Å². The van der Waals surface area contributed by atoms with Crippen LogP contribution in [-0.4, -0.2) is 38.4 Å². The molecule has 1 fully saturated rings. The van der Waals surface area contributed by atoms with Crippen LogP contribution in [0.1, 0.15) is 65.6 Å². The predicted octanol–water partition coefficient (Wildman–Crippen LogP) is 7.01. The molecule has 0 saturated heterocycles. The van der Waals surface area contributed by atoms with Gasteiger partial charge in [-0.2, -0.15) is 0 Å². The standard InChI is InChI=1S/C34H41N3O2S/c1-26-10-8-11-28(22-26)24-37(2)32-14-6-7-15-33(32)40-31(25-38)23-27-16-18-29(19-17-27)34(39)36-21-9-20-35-30-12-4-3-5-13-30/h6-8,10-11,14-19,22-23,25,30,35H,3-5,9,12-13,20-21,24H2,1-2H3,(H,36,39)/b31-23-. The number of aldehydes is 1. The molecule has 3 aromatic rings. The molecular formula is C34H41N3O2S. The van der Waals surface area contributed by atoms with Crippen LogP contribution in [0, 0.1) is 6.92 Å². The monoisotopic (exact) mass is 555 g/mol. The summed E-state index contributed by atoms with van der Waals surface area (Å²) in [5.74, 6) is -0.0660. The molecule has 0 bridgehead atoms. The highest BCUT2D eigenvalue weighted by Crippen LogP contribution is 2.35. The van der Waals surface area contributed by atoms with E-state index in [4.69, 9.17) is 0 Å². The minimum absolute atomic E-state index is 0.0660. The summed E-state index contributed by atoms with van der Waals surface area (Å²) in [6.07, 6.45) is 10.2. The number of rotatable bonds is 13. The molecule has 0 aliphatic heterocycles. The Morgan fingerprint density at radius 3 is 2.50 bits per heavy atom. The molecule has 0 atom stereocenters. The second-order valence-corrected chi connectivity index (χ2v) is 11.7. The fraction of sp³-hybridized carbons (Fsp3) is 0.353. The molecule has 6 heteroatoms. The molecule has 0 heterocycles. The Morgan fingerprint density at radius 2 is 1.75 bits per heavy atom. The lowest BCUT2D eigenvalue weighted by atomic mass is 9.95. The molecule has 5 nitrogen and oxygen atoms in total. The second kappa shape index (κ2) is 15.4. The number of hydrogen-bond acceptors (Lipinski definition) is 5. The Morgan fingerprint density at radius 1 is 0.975 bits per heavy atom. The van der Waals surface area contributed by atoms with Gasteiger partial charge in [0.05, 0.1) is 10.6 Å². The van der Waals surface area contributed by atoms with Crippen molar-refractivity contribution in [3.8, 4) is 0 Å². The summed E-state index contributed by atoms with van der Waals surface area (Å²) in [6.45, 7) is 4.47. The first-order valence-corrected chi connectivity index (χ1v) is 15.2. The molecule has 1 saturated carbocycles. The Labute approximate surface area is 243 Å². The summed E-state index contributed by atoms with van der Waals surface area (Å²) in [5.41, 5.74) is 5.07. The van der Waals surface area contributed by atoms with E-state index in [-0.39, 0.29) is 5.91 Å². The van der Waals surface area contributed by atoms with E-state index in [1.165, 1.54) is 55.0 Å². The molecule has 1 aliphatic carbocycles. The maximum atomic E-state index is 12.6. The van der Waals surface area contributed by atoms with Crippen molar-refractivity contribution in [3.63, 3.8) is 0 Å². The van der Waals surface area contributed by atoms with E-state index in [1.807, 2.05) is 48.5 Å². The van der Waals surface area contributed by atoms with Crippen molar-refractivity contribution in [2.24, 2.45) is 0 Å². The molecule has 210 valence electrons. The minimum Gasteiger partial charge on any atom is -0.369 e. The molecule has 40 heavy (non-hydrogen) atoms. The van der Waals surface area contributed by atoms with Gasteiger partial charge in [0, 0.05) is 36.6 Å². The van der Waals surface area contributed by atoms with E-state index < -0.39 is 0 Å². The lowest BCUT2D eigenvalue weighted by Crippen LogP contribution is -2.34. The van der Waals surface area contributed by atoms with Crippen molar-refractivity contribution >= 4 is 35.7 Å². The lowest BCUT2D eigenvalue weighted by molar-refractivity contribution is -0.104. The fourth-order valence-corrected chi connectivity index (χ4v) is 6.12. The van der Waals surface area contributed by atoms with Crippen molar-refractivity contribution in [2.45, 2.75) is 62.9 Å². The minimum atomic E-state index is -0.0660. The van der Waals surface area contributed by atoms with E-state index in [0.29, 0.717) is 23.1 Å². The largest absolute Gasteiger partial charge is 0.369 e. The molecular weight excluding hydrogens is 514 g/mol. The third-order valence-electron chi connectivity index (χ3n) is 7.28. The number of aryl methyl sites for hydroxylation is 1. The summed E-state index contributed by atoms with van der Waals surface area (Å²) < 4.78 is 0. The van der Waals surface area contributed by atoms with Crippen LogP contribution >= 0.6 is 11.8 Å². The van der Waals surface area contributed by atoms with Gasteiger partial charge >= 0.3 is 0 Å².